The van der Waals surface area contributed by atoms with Gasteiger partial charge in [0.1, 0.15) is 0 Å². The highest BCUT2D eigenvalue weighted by molar-refractivity contribution is 9.10. The fourth-order valence-electron chi connectivity index (χ4n) is 1.53. The maximum absolute atomic E-state index is 11.6. The predicted molar refractivity (Wildman–Crippen MR) is 56.6 cm³/mol. The summed E-state index contributed by atoms with van der Waals surface area (Å²) in [7, 11) is 1.60. The van der Waals surface area contributed by atoms with Gasteiger partial charge in [0.15, 0.2) is 0 Å². The first-order valence-electron chi connectivity index (χ1n) is 4.15. The Morgan fingerprint density at radius 1 is 1.29 bits per heavy atom. The van der Waals surface area contributed by atoms with Crippen LogP contribution in [0, 0.1) is 6.92 Å². The molecule has 1 aliphatic heterocycles. The first-order chi connectivity index (χ1) is 6.54. The van der Waals surface area contributed by atoms with Gasteiger partial charge in [0.2, 0.25) is 0 Å². The fourth-order valence-corrected chi connectivity index (χ4v) is 2.05. The minimum Gasteiger partial charge on any atom is -0.308 e. The van der Waals surface area contributed by atoms with Crippen molar-refractivity contribution in [1.82, 2.24) is 0 Å². The number of benzene rings is 1. The van der Waals surface area contributed by atoms with Crippen LogP contribution in [0.2, 0.25) is 0 Å². The van der Waals surface area contributed by atoms with Gasteiger partial charge in [0.05, 0.1) is 11.3 Å². The van der Waals surface area contributed by atoms with Crippen molar-refractivity contribution in [2.45, 2.75) is 6.92 Å². The molecule has 0 radical (unpaired) electrons. The van der Waals surface area contributed by atoms with Gasteiger partial charge in [-0.3, -0.25) is 9.59 Å². The van der Waals surface area contributed by atoms with E-state index < -0.39 is 11.7 Å². The number of ketones is 1. The smallest absolute Gasteiger partial charge is 0.299 e. The van der Waals surface area contributed by atoms with Crippen LogP contribution in [0.5, 0.6) is 0 Å². The molecule has 3 nitrogen and oxygen atoms in total. The van der Waals surface area contributed by atoms with E-state index in [0.29, 0.717) is 11.3 Å². The maximum atomic E-state index is 11.6. The van der Waals surface area contributed by atoms with E-state index in [0.717, 1.165) is 10.0 Å². The predicted octanol–water partition coefficient (Wildman–Crippen LogP) is 1.92. The number of carbonyl (C=O) groups excluding carboxylic acids is 2. The van der Waals surface area contributed by atoms with Crippen molar-refractivity contribution in [1.29, 1.82) is 0 Å². The number of fused-ring (bicyclic) bond motifs is 1. The second-order valence-electron chi connectivity index (χ2n) is 3.28. The lowest BCUT2D eigenvalue weighted by Crippen LogP contribution is -2.24. The third-order valence-corrected chi connectivity index (χ3v) is 3.42. The van der Waals surface area contributed by atoms with Crippen molar-refractivity contribution in [3.8, 4) is 0 Å². The van der Waals surface area contributed by atoms with Crippen molar-refractivity contribution >= 4 is 33.3 Å². The zero-order valence-electron chi connectivity index (χ0n) is 7.80. The summed E-state index contributed by atoms with van der Waals surface area (Å²) in [6.45, 7) is 1.89. The van der Waals surface area contributed by atoms with Crippen molar-refractivity contribution in [3.63, 3.8) is 0 Å². The molecule has 0 unspecified atom stereocenters. The molecule has 1 amide bonds. The Morgan fingerprint density at radius 3 is 2.57 bits per heavy atom. The Labute approximate surface area is 89.8 Å². The number of aryl methyl sites for hydroxylation is 1. The number of hydrogen-bond donors (Lipinski definition) is 0. The molecule has 2 rings (SSSR count). The van der Waals surface area contributed by atoms with Crippen LogP contribution in [0.25, 0.3) is 0 Å². The van der Waals surface area contributed by atoms with Gasteiger partial charge in [-0.25, -0.2) is 0 Å². The second kappa shape index (κ2) is 2.92. The number of amides is 1. The van der Waals surface area contributed by atoms with E-state index in [2.05, 4.69) is 15.9 Å². The highest BCUT2D eigenvalue weighted by Gasteiger charge is 2.35. The molecule has 1 aromatic rings. The van der Waals surface area contributed by atoms with E-state index in [4.69, 9.17) is 0 Å². The molecule has 0 fully saturated rings. The van der Waals surface area contributed by atoms with Crippen molar-refractivity contribution in [2.75, 3.05) is 11.9 Å². The molecular weight excluding hydrogens is 246 g/mol. The summed E-state index contributed by atoms with van der Waals surface area (Å²) in [4.78, 5) is 24.3. The molecule has 72 valence electrons. The molecule has 4 heteroatoms. The summed E-state index contributed by atoms with van der Waals surface area (Å²) >= 11 is 3.33. The number of halogens is 1. The number of Topliss-reactive ketones (excluding diaryl/α,β-unsaturated/α-hetero) is 1. The normalized spacial score (nSPS) is 14.9. The Balaban J connectivity index is 2.76. The summed E-state index contributed by atoms with van der Waals surface area (Å²) < 4.78 is 0.720. The fraction of sp³-hybridized carbons (Fsp3) is 0.200. The van der Waals surface area contributed by atoms with Gasteiger partial charge in [-0.15, -0.1) is 0 Å². The molecule has 0 bridgehead atoms. The Hall–Kier alpha value is -1.16. The maximum Gasteiger partial charge on any atom is 0.299 e. The summed E-state index contributed by atoms with van der Waals surface area (Å²) in [6.07, 6.45) is 0. The van der Waals surface area contributed by atoms with Crippen LogP contribution < -0.4 is 4.90 Å². The van der Waals surface area contributed by atoms with E-state index >= 15 is 0 Å². The average Bonchev–Trinajstić information content (AvgIpc) is 2.38. The van der Waals surface area contributed by atoms with Crippen LogP contribution in [0.4, 0.5) is 5.69 Å². The second-order valence-corrected chi connectivity index (χ2v) is 4.08. The summed E-state index contributed by atoms with van der Waals surface area (Å²) in [5, 5.41) is 0. The molecule has 1 aromatic carbocycles. The molecular formula is C10H8BrNO2. The summed E-state index contributed by atoms with van der Waals surface area (Å²) in [5.41, 5.74) is 2.12. The Morgan fingerprint density at radius 2 is 1.93 bits per heavy atom. The van der Waals surface area contributed by atoms with Gasteiger partial charge >= 0.3 is 0 Å². The van der Waals surface area contributed by atoms with Crippen molar-refractivity contribution in [3.05, 3.63) is 27.7 Å². The van der Waals surface area contributed by atoms with Gasteiger partial charge < -0.3 is 4.90 Å². The molecule has 14 heavy (non-hydrogen) atoms. The zero-order chi connectivity index (χ0) is 10.5. The van der Waals surface area contributed by atoms with E-state index in [1.54, 1.807) is 13.1 Å². The molecule has 0 aliphatic carbocycles. The molecule has 0 aromatic heterocycles. The molecule has 0 saturated carbocycles. The highest BCUT2D eigenvalue weighted by atomic mass is 79.9. The number of likely N-dealkylation sites (N-methyl/N-ethyl adjacent to an activating group) is 1. The topological polar surface area (TPSA) is 37.4 Å². The average molecular weight is 254 g/mol. The number of nitrogens with zero attached hydrogens (tertiary/aromatic N) is 1. The van der Waals surface area contributed by atoms with Crippen LogP contribution in [-0.2, 0) is 4.79 Å². The number of carbonyl (C=O) groups is 2. The third-order valence-electron chi connectivity index (χ3n) is 2.40. The lowest BCUT2D eigenvalue weighted by molar-refractivity contribution is -0.114. The SMILES string of the molecule is Cc1ccc2c(c1Br)C(=O)C(=O)N2C. The van der Waals surface area contributed by atoms with Crippen LogP contribution >= 0.6 is 15.9 Å². The van der Waals surface area contributed by atoms with Crippen molar-refractivity contribution in [2.24, 2.45) is 0 Å². The molecule has 1 aliphatic rings. The van der Waals surface area contributed by atoms with Gasteiger partial charge in [-0.1, -0.05) is 6.07 Å². The zero-order valence-corrected chi connectivity index (χ0v) is 9.38. The third kappa shape index (κ3) is 1.04. The van der Waals surface area contributed by atoms with Gasteiger partial charge in [-0.05, 0) is 34.5 Å². The van der Waals surface area contributed by atoms with Gasteiger partial charge in [0.25, 0.3) is 11.7 Å². The molecule has 0 N–H and O–H groups in total. The molecule has 0 saturated heterocycles. The van der Waals surface area contributed by atoms with Crippen LogP contribution in [0.1, 0.15) is 15.9 Å². The Kier molecular flexibility index (Phi) is 1.96. The van der Waals surface area contributed by atoms with Gasteiger partial charge in [0, 0.05) is 11.5 Å². The van der Waals surface area contributed by atoms with Crippen LogP contribution in [0.3, 0.4) is 0 Å². The van der Waals surface area contributed by atoms with E-state index in [9.17, 15) is 9.59 Å². The minimum absolute atomic E-state index is 0.432. The first-order valence-corrected chi connectivity index (χ1v) is 4.95. The minimum atomic E-state index is -0.466. The molecule has 0 spiro atoms. The first kappa shape index (κ1) is 9.40. The van der Waals surface area contributed by atoms with Crippen LogP contribution in [-0.4, -0.2) is 18.7 Å². The van der Waals surface area contributed by atoms with E-state index in [1.807, 2.05) is 13.0 Å². The number of hydrogen-bond acceptors (Lipinski definition) is 2. The molecule has 1 heterocycles. The summed E-state index contributed by atoms with van der Waals surface area (Å²) in [6, 6.07) is 3.67. The standard InChI is InChI=1S/C10H8BrNO2/c1-5-3-4-6-7(8(5)11)9(13)10(14)12(6)2/h3-4H,1-2H3. The van der Waals surface area contributed by atoms with E-state index in [-0.39, 0.29) is 0 Å². The number of anilines is 1. The Bertz CT molecular complexity index is 454. The lowest BCUT2D eigenvalue weighted by atomic mass is 10.1. The highest BCUT2D eigenvalue weighted by Crippen LogP contribution is 2.35. The van der Waals surface area contributed by atoms with E-state index in [1.165, 1.54) is 4.90 Å². The van der Waals surface area contributed by atoms with Crippen LogP contribution in [0.15, 0.2) is 16.6 Å². The summed E-state index contributed by atoms with van der Waals surface area (Å²) in [5.74, 6) is -0.899. The quantitative estimate of drug-likeness (QED) is 0.663. The molecule has 0 atom stereocenters. The van der Waals surface area contributed by atoms with Crippen molar-refractivity contribution < 1.29 is 9.59 Å². The number of rotatable bonds is 0. The van der Waals surface area contributed by atoms with Gasteiger partial charge in [-0.2, -0.15) is 0 Å². The lowest BCUT2D eigenvalue weighted by Gasteiger charge is -2.09. The largest absolute Gasteiger partial charge is 0.308 e. The monoisotopic (exact) mass is 253 g/mol.